The second-order valence-corrected chi connectivity index (χ2v) is 9.82. The lowest BCUT2D eigenvalue weighted by molar-refractivity contribution is -0.122. The van der Waals surface area contributed by atoms with Gasteiger partial charge in [-0.1, -0.05) is 43.5 Å². The number of aryl methyl sites for hydroxylation is 1. The van der Waals surface area contributed by atoms with Crippen LogP contribution in [-0.2, 0) is 11.3 Å². The van der Waals surface area contributed by atoms with E-state index in [0.717, 1.165) is 47.4 Å². The minimum absolute atomic E-state index is 0.00116. The molecule has 3 heterocycles. The molecular formula is C26H28N4O2S. The molecule has 1 saturated carbocycles. The van der Waals surface area contributed by atoms with Gasteiger partial charge < -0.3 is 15.1 Å². The molecule has 3 amide bonds. The highest BCUT2D eigenvalue weighted by molar-refractivity contribution is 7.09. The summed E-state index contributed by atoms with van der Waals surface area (Å²) in [6.45, 7) is 2.28. The Morgan fingerprint density at radius 3 is 2.73 bits per heavy atom. The summed E-state index contributed by atoms with van der Waals surface area (Å²) in [5.41, 5.74) is 3.44. The maximum absolute atomic E-state index is 14.0. The number of carbonyl (C=O) groups is 2. The summed E-state index contributed by atoms with van der Waals surface area (Å²) in [5.74, 6) is 0.00116. The number of hydrogen-bond acceptors (Lipinski definition) is 4. The van der Waals surface area contributed by atoms with Crippen molar-refractivity contribution in [2.75, 3.05) is 10.2 Å². The van der Waals surface area contributed by atoms with E-state index in [1.165, 1.54) is 6.42 Å². The van der Waals surface area contributed by atoms with E-state index in [-0.39, 0.29) is 18.0 Å². The number of nitrogens with zero attached hydrogens (tertiary/aromatic N) is 3. The minimum Gasteiger partial charge on any atom is -0.307 e. The number of pyridine rings is 1. The zero-order chi connectivity index (χ0) is 22.8. The van der Waals surface area contributed by atoms with Crippen LogP contribution in [0, 0.1) is 6.92 Å². The number of hydrogen-bond donors (Lipinski definition) is 1. The molecule has 1 aromatic carbocycles. The van der Waals surface area contributed by atoms with Crippen molar-refractivity contribution in [3.8, 4) is 0 Å². The number of carbonyl (C=O) groups excluding carboxylic acids is 2. The summed E-state index contributed by atoms with van der Waals surface area (Å²) < 4.78 is 0. The average molecular weight is 461 g/mol. The fraction of sp³-hybridized carbons (Fsp3) is 0.346. The molecule has 1 aliphatic carbocycles. The van der Waals surface area contributed by atoms with Crippen LogP contribution in [0.1, 0.15) is 54.1 Å². The Balaban J connectivity index is 1.51. The Labute approximate surface area is 198 Å². The van der Waals surface area contributed by atoms with E-state index in [1.807, 2.05) is 53.6 Å². The van der Waals surface area contributed by atoms with Crippen LogP contribution in [0.15, 0.2) is 60.2 Å². The fourth-order valence-corrected chi connectivity index (χ4v) is 5.69. The zero-order valence-electron chi connectivity index (χ0n) is 18.7. The first-order valence-electron chi connectivity index (χ1n) is 11.6. The molecule has 6 nitrogen and oxygen atoms in total. The molecule has 2 aliphatic rings. The number of para-hydroxylation sites is 1. The monoisotopic (exact) mass is 460 g/mol. The van der Waals surface area contributed by atoms with Crippen LogP contribution in [0.5, 0.6) is 0 Å². The van der Waals surface area contributed by atoms with Gasteiger partial charge in [-0.2, -0.15) is 0 Å². The van der Waals surface area contributed by atoms with Crippen LogP contribution in [-0.4, -0.2) is 27.9 Å². The van der Waals surface area contributed by atoms with E-state index in [9.17, 15) is 9.59 Å². The molecule has 33 heavy (non-hydrogen) atoms. The van der Waals surface area contributed by atoms with Gasteiger partial charge in [0.2, 0.25) is 0 Å². The van der Waals surface area contributed by atoms with Crippen molar-refractivity contribution in [3.63, 3.8) is 0 Å². The van der Waals surface area contributed by atoms with Crippen LogP contribution in [0.4, 0.5) is 16.2 Å². The lowest BCUT2D eigenvalue weighted by atomic mass is 9.94. The van der Waals surface area contributed by atoms with Crippen molar-refractivity contribution < 1.29 is 9.59 Å². The van der Waals surface area contributed by atoms with Crippen molar-refractivity contribution >= 4 is 34.6 Å². The molecule has 1 unspecified atom stereocenters. The summed E-state index contributed by atoms with van der Waals surface area (Å²) in [5, 5.41) is 5.02. The summed E-state index contributed by atoms with van der Waals surface area (Å²) in [6.07, 6.45) is 8.92. The second kappa shape index (κ2) is 9.35. The van der Waals surface area contributed by atoms with Gasteiger partial charge in [0.15, 0.2) is 0 Å². The van der Waals surface area contributed by atoms with Crippen LogP contribution in [0.3, 0.4) is 0 Å². The summed E-state index contributed by atoms with van der Waals surface area (Å²) in [7, 11) is 0. The van der Waals surface area contributed by atoms with E-state index in [2.05, 4.69) is 10.3 Å². The predicted molar refractivity (Wildman–Crippen MR) is 131 cm³/mol. The first-order chi connectivity index (χ1) is 16.1. The first-order valence-corrected chi connectivity index (χ1v) is 12.4. The Kier molecular flexibility index (Phi) is 6.13. The molecule has 1 atom stereocenters. The SMILES string of the molecule is Cc1cnccc1NC(=O)N(Cc1cccs1)C1C(=O)N(C2CCCCC2)c2ccccc21. The number of benzene rings is 1. The minimum atomic E-state index is -0.646. The topological polar surface area (TPSA) is 65.5 Å². The van der Waals surface area contributed by atoms with E-state index in [1.54, 1.807) is 34.7 Å². The fourth-order valence-electron chi connectivity index (χ4n) is 4.99. The molecule has 1 fully saturated rings. The summed E-state index contributed by atoms with van der Waals surface area (Å²) in [6, 6.07) is 13.0. The zero-order valence-corrected chi connectivity index (χ0v) is 19.6. The van der Waals surface area contributed by atoms with Crippen LogP contribution < -0.4 is 10.2 Å². The quantitative estimate of drug-likeness (QED) is 0.515. The van der Waals surface area contributed by atoms with Crippen LogP contribution >= 0.6 is 11.3 Å². The normalized spacial score (nSPS) is 18.3. The molecule has 0 bridgehead atoms. The van der Waals surface area contributed by atoms with Gasteiger partial charge in [0.1, 0.15) is 6.04 Å². The van der Waals surface area contributed by atoms with Crippen molar-refractivity contribution in [1.29, 1.82) is 0 Å². The molecule has 0 spiro atoms. The number of aromatic nitrogens is 1. The molecule has 0 saturated heterocycles. The number of rotatable bonds is 5. The highest BCUT2D eigenvalue weighted by Crippen LogP contribution is 2.43. The van der Waals surface area contributed by atoms with E-state index in [0.29, 0.717) is 12.2 Å². The number of nitrogens with one attached hydrogen (secondary N) is 1. The van der Waals surface area contributed by atoms with Gasteiger partial charge in [-0.25, -0.2) is 4.79 Å². The Hall–Kier alpha value is -3.19. The standard InChI is InChI=1S/C26H28N4O2S/c1-18-16-27-14-13-22(18)28-26(32)29(17-20-10-7-15-33-20)24-21-11-5-6-12-23(21)30(25(24)31)19-8-3-2-4-9-19/h5-7,10-16,19,24H,2-4,8-9,17H2,1H3,(H,27,28,32). The van der Waals surface area contributed by atoms with Crippen molar-refractivity contribution in [3.05, 3.63) is 76.2 Å². The Morgan fingerprint density at radius 1 is 1.15 bits per heavy atom. The second-order valence-electron chi connectivity index (χ2n) is 8.79. The summed E-state index contributed by atoms with van der Waals surface area (Å²) >= 11 is 1.59. The van der Waals surface area contributed by atoms with Crippen molar-refractivity contribution in [2.24, 2.45) is 0 Å². The molecule has 2 aromatic heterocycles. The number of urea groups is 1. The van der Waals surface area contributed by atoms with Gasteiger partial charge in [-0.3, -0.25) is 9.78 Å². The molecule has 170 valence electrons. The van der Waals surface area contributed by atoms with Crippen LogP contribution in [0.25, 0.3) is 0 Å². The third-order valence-electron chi connectivity index (χ3n) is 6.64. The molecule has 0 radical (unpaired) electrons. The lowest BCUT2D eigenvalue weighted by Gasteiger charge is -2.33. The van der Waals surface area contributed by atoms with Crippen molar-refractivity contribution in [1.82, 2.24) is 9.88 Å². The Morgan fingerprint density at radius 2 is 1.97 bits per heavy atom. The smallest absolute Gasteiger partial charge is 0.307 e. The first kappa shape index (κ1) is 21.6. The van der Waals surface area contributed by atoms with Gasteiger partial charge >= 0.3 is 6.03 Å². The third-order valence-corrected chi connectivity index (χ3v) is 7.50. The molecule has 7 heteroatoms. The maximum Gasteiger partial charge on any atom is 0.323 e. The van der Waals surface area contributed by atoms with Gasteiger partial charge in [0.25, 0.3) is 5.91 Å². The predicted octanol–water partition coefficient (Wildman–Crippen LogP) is 5.91. The van der Waals surface area contributed by atoms with E-state index in [4.69, 9.17) is 0 Å². The molecule has 1 aliphatic heterocycles. The molecule has 5 rings (SSSR count). The third kappa shape index (κ3) is 4.25. The molecule has 1 N–H and O–H groups in total. The highest BCUT2D eigenvalue weighted by atomic mass is 32.1. The lowest BCUT2D eigenvalue weighted by Crippen LogP contribution is -2.46. The maximum atomic E-state index is 14.0. The number of anilines is 2. The van der Waals surface area contributed by atoms with Gasteiger partial charge in [-0.05, 0) is 48.9 Å². The largest absolute Gasteiger partial charge is 0.323 e. The molecule has 3 aromatic rings. The number of thiophene rings is 1. The van der Waals surface area contributed by atoms with E-state index < -0.39 is 6.04 Å². The highest BCUT2D eigenvalue weighted by Gasteiger charge is 2.45. The Bertz CT molecular complexity index is 1140. The van der Waals surface area contributed by atoms with Gasteiger partial charge in [-0.15, -0.1) is 11.3 Å². The average Bonchev–Trinajstić information content (AvgIpc) is 3.45. The van der Waals surface area contributed by atoms with Gasteiger partial charge in [0.05, 0.1) is 6.54 Å². The van der Waals surface area contributed by atoms with Crippen molar-refractivity contribution in [2.45, 2.75) is 57.7 Å². The number of amides is 3. The van der Waals surface area contributed by atoms with Gasteiger partial charge in [0, 0.05) is 40.3 Å². The van der Waals surface area contributed by atoms with E-state index >= 15 is 0 Å². The molecular weight excluding hydrogens is 432 g/mol. The number of fused-ring (bicyclic) bond motifs is 1. The summed E-state index contributed by atoms with van der Waals surface area (Å²) in [4.78, 5) is 36.4. The van der Waals surface area contributed by atoms with Crippen LogP contribution in [0.2, 0.25) is 0 Å².